The minimum Gasteiger partial charge on any atom is -0.335 e. The van der Waals surface area contributed by atoms with Crippen LogP contribution < -0.4 is 9.91 Å². The molecule has 2 aromatic rings. The van der Waals surface area contributed by atoms with Crippen molar-refractivity contribution < 1.29 is 4.79 Å². The van der Waals surface area contributed by atoms with Crippen molar-refractivity contribution in [2.45, 2.75) is 18.7 Å². The lowest BCUT2D eigenvalue weighted by atomic mass is 10.1. The molecule has 2 aliphatic heterocycles. The van der Waals surface area contributed by atoms with Gasteiger partial charge in [-0.15, -0.1) is 0 Å². The van der Waals surface area contributed by atoms with Crippen LogP contribution in [-0.2, 0) is 4.79 Å². The van der Waals surface area contributed by atoms with Crippen LogP contribution in [0.4, 0.5) is 11.4 Å². The molecule has 0 N–H and O–H groups in total. The van der Waals surface area contributed by atoms with Gasteiger partial charge in [-0.25, -0.2) is 0 Å². The van der Waals surface area contributed by atoms with E-state index in [4.69, 9.17) is 11.6 Å². The zero-order chi connectivity index (χ0) is 17.6. The maximum atomic E-state index is 13.1. The molecule has 2 heterocycles. The van der Waals surface area contributed by atoms with Crippen LogP contribution in [-0.4, -0.2) is 18.2 Å². The van der Waals surface area contributed by atoms with Crippen LogP contribution in [0.3, 0.4) is 0 Å². The average molecular weight is 370 g/mol. The SMILES string of the molecule is CCN1C(=C2C(=O)N(c3ccc(Cl)cc3)N=C2C)Sc2ccccc21. The van der Waals surface area contributed by atoms with Crippen LogP contribution in [0, 0.1) is 0 Å². The second-order valence-corrected chi connectivity index (χ2v) is 7.24. The van der Waals surface area contributed by atoms with E-state index >= 15 is 0 Å². The summed E-state index contributed by atoms with van der Waals surface area (Å²) in [6.45, 7) is 4.77. The van der Waals surface area contributed by atoms with Crippen molar-refractivity contribution in [1.82, 2.24) is 0 Å². The smallest absolute Gasteiger partial charge is 0.283 e. The zero-order valence-electron chi connectivity index (χ0n) is 13.9. The van der Waals surface area contributed by atoms with E-state index < -0.39 is 0 Å². The van der Waals surface area contributed by atoms with Crippen molar-refractivity contribution in [3.63, 3.8) is 0 Å². The third-order valence-corrected chi connectivity index (χ3v) is 5.66. The minimum absolute atomic E-state index is 0.103. The molecule has 0 unspecified atom stereocenters. The average Bonchev–Trinajstić information content (AvgIpc) is 3.12. The van der Waals surface area contributed by atoms with Crippen molar-refractivity contribution in [1.29, 1.82) is 0 Å². The molecule has 0 aromatic heterocycles. The Morgan fingerprint density at radius 1 is 1.12 bits per heavy atom. The predicted molar refractivity (Wildman–Crippen MR) is 104 cm³/mol. The first-order valence-electron chi connectivity index (χ1n) is 8.04. The van der Waals surface area contributed by atoms with Gasteiger partial charge in [-0.3, -0.25) is 4.79 Å². The molecule has 4 rings (SSSR count). The summed E-state index contributed by atoms with van der Waals surface area (Å²) in [4.78, 5) is 16.4. The molecule has 4 nitrogen and oxygen atoms in total. The summed E-state index contributed by atoms with van der Waals surface area (Å²) in [5.41, 5.74) is 3.25. The highest BCUT2D eigenvalue weighted by atomic mass is 35.5. The number of thioether (sulfide) groups is 1. The molecular weight excluding hydrogens is 354 g/mol. The highest BCUT2D eigenvalue weighted by Crippen LogP contribution is 2.48. The van der Waals surface area contributed by atoms with E-state index in [0.717, 1.165) is 27.9 Å². The van der Waals surface area contributed by atoms with Crippen molar-refractivity contribution in [3.05, 3.63) is 64.2 Å². The molecule has 0 atom stereocenters. The summed E-state index contributed by atoms with van der Waals surface area (Å²) in [5, 5.41) is 7.52. The lowest BCUT2D eigenvalue weighted by molar-refractivity contribution is -0.114. The number of amides is 1. The highest BCUT2D eigenvalue weighted by molar-refractivity contribution is 8.03. The van der Waals surface area contributed by atoms with Crippen LogP contribution in [0.25, 0.3) is 0 Å². The van der Waals surface area contributed by atoms with E-state index in [9.17, 15) is 4.79 Å². The van der Waals surface area contributed by atoms with Crippen LogP contribution >= 0.6 is 23.4 Å². The Bertz CT molecular complexity index is 921. The summed E-state index contributed by atoms with van der Waals surface area (Å²) in [6.07, 6.45) is 0. The second-order valence-electron chi connectivity index (χ2n) is 5.77. The Kier molecular flexibility index (Phi) is 4.06. The topological polar surface area (TPSA) is 35.9 Å². The van der Waals surface area contributed by atoms with E-state index in [1.54, 1.807) is 36.0 Å². The first kappa shape index (κ1) is 16.2. The van der Waals surface area contributed by atoms with Gasteiger partial charge in [0.15, 0.2) is 0 Å². The minimum atomic E-state index is -0.103. The van der Waals surface area contributed by atoms with Crippen LogP contribution in [0.5, 0.6) is 0 Å². The summed E-state index contributed by atoms with van der Waals surface area (Å²) in [7, 11) is 0. The molecule has 0 saturated carbocycles. The third-order valence-electron chi connectivity index (χ3n) is 4.23. The number of benzene rings is 2. The van der Waals surface area contributed by atoms with E-state index in [2.05, 4.69) is 29.1 Å². The van der Waals surface area contributed by atoms with Crippen LogP contribution in [0.2, 0.25) is 5.02 Å². The molecule has 2 aliphatic rings. The van der Waals surface area contributed by atoms with Gasteiger partial charge >= 0.3 is 0 Å². The summed E-state index contributed by atoms with van der Waals surface area (Å²) < 4.78 is 0. The van der Waals surface area contributed by atoms with E-state index in [1.165, 1.54) is 5.01 Å². The molecule has 25 heavy (non-hydrogen) atoms. The normalized spacial score (nSPS) is 19.5. The number of fused-ring (bicyclic) bond motifs is 1. The van der Waals surface area contributed by atoms with Gasteiger partial charge in [0, 0.05) is 16.5 Å². The van der Waals surface area contributed by atoms with Gasteiger partial charge in [0.2, 0.25) is 0 Å². The number of anilines is 2. The Labute approximate surface area is 155 Å². The first-order valence-corrected chi connectivity index (χ1v) is 9.24. The van der Waals surface area contributed by atoms with E-state index in [-0.39, 0.29) is 5.91 Å². The number of para-hydroxylation sites is 1. The van der Waals surface area contributed by atoms with Gasteiger partial charge in [-0.05, 0) is 50.2 Å². The Morgan fingerprint density at radius 3 is 2.56 bits per heavy atom. The summed E-state index contributed by atoms with van der Waals surface area (Å²) in [5.74, 6) is -0.103. The molecule has 2 aromatic carbocycles. The zero-order valence-corrected chi connectivity index (χ0v) is 15.4. The molecule has 0 bridgehead atoms. The van der Waals surface area contributed by atoms with Gasteiger partial charge in [0.25, 0.3) is 5.91 Å². The van der Waals surface area contributed by atoms with Crippen molar-refractivity contribution in [2.75, 3.05) is 16.5 Å². The molecule has 0 fully saturated rings. The molecule has 6 heteroatoms. The fraction of sp³-hybridized carbons (Fsp3) is 0.158. The second kappa shape index (κ2) is 6.24. The number of carbonyl (C=O) groups excluding carboxylic acids is 1. The number of carbonyl (C=O) groups is 1. The highest BCUT2D eigenvalue weighted by Gasteiger charge is 2.36. The summed E-state index contributed by atoms with van der Waals surface area (Å²) in [6, 6.07) is 15.3. The number of hydrogen-bond donors (Lipinski definition) is 0. The van der Waals surface area contributed by atoms with Gasteiger partial charge in [-0.1, -0.05) is 35.5 Å². The molecule has 0 saturated heterocycles. The maximum Gasteiger partial charge on any atom is 0.283 e. The van der Waals surface area contributed by atoms with Gasteiger partial charge < -0.3 is 4.90 Å². The summed E-state index contributed by atoms with van der Waals surface area (Å²) >= 11 is 7.58. The third kappa shape index (κ3) is 2.64. The Balaban J connectivity index is 1.77. The van der Waals surface area contributed by atoms with Crippen molar-refractivity contribution in [3.8, 4) is 0 Å². The van der Waals surface area contributed by atoms with Crippen LogP contribution in [0.1, 0.15) is 13.8 Å². The first-order chi connectivity index (χ1) is 12.1. The lowest BCUT2D eigenvalue weighted by Crippen LogP contribution is -2.26. The standard InChI is InChI=1S/C19H16ClN3OS/c1-3-22-15-6-4-5-7-16(15)25-19(22)17-12(2)21-23(18(17)24)14-10-8-13(20)9-11-14/h4-11H,3H2,1-2H3. The molecule has 0 spiro atoms. The van der Waals surface area contributed by atoms with Gasteiger partial charge in [0.1, 0.15) is 0 Å². The van der Waals surface area contributed by atoms with E-state index in [0.29, 0.717) is 16.3 Å². The molecule has 126 valence electrons. The fourth-order valence-electron chi connectivity index (χ4n) is 3.04. The number of nitrogens with zero attached hydrogens (tertiary/aromatic N) is 3. The Morgan fingerprint density at radius 2 is 1.84 bits per heavy atom. The largest absolute Gasteiger partial charge is 0.335 e. The van der Waals surface area contributed by atoms with Crippen LogP contribution in [0.15, 0.2) is 69.1 Å². The number of hydrogen-bond acceptors (Lipinski definition) is 4. The number of rotatable bonds is 2. The number of hydrazone groups is 1. The monoisotopic (exact) mass is 369 g/mol. The van der Waals surface area contributed by atoms with Crippen molar-refractivity contribution >= 4 is 46.4 Å². The maximum absolute atomic E-state index is 13.1. The molecule has 0 aliphatic carbocycles. The van der Waals surface area contributed by atoms with Gasteiger partial charge in [-0.2, -0.15) is 10.1 Å². The number of halogens is 1. The quantitative estimate of drug-likeness (QED) is 0.706. The van der Waals surface area contributed by atoms with E-state index in [1.807, 2.05) is 19.1 Å². The predicted octanol–water partition coefficient (Wildman–Crippen LogP) is 4.91. The lowest BCUT2D eigenvalue weighted by Gasteiger charge is -2.20. The molecular formula is C19H16ClN3OS. The van der Waals surface area contributed by atoms with Crippen molar-refractivity contribution in [2.24, 2.45) is 5.10 Å². The Hall–Kier alpha value is -2.24. The fourth-order valence-corrected chi connectivity index (χ4v) is 4.48. The molecule has 1 amide bonds. The molecule has 0 radical (unpaired) electrons. The van der Waals surface area contributed by atoms with Gasteiger partial charge in [0.05, 0.1) is 27.7 Å².